The molecule has 0 N–H and O–H groups in total. The fourth-order valence-corrected chi connectivity index (χ4v) is 3.62. The number of aromatic nitrogens is 2. The minimum atomic E-state index is -0.393. The zero-order valence-electron chi connectivity index (χ0n) is 16.0. The van der Waals surface area contributed by atoms with Crippen LogP contribution in [0.15, 0.2) is 79.3 Å². The van der Waals surface area contributed by atoms with Crippen molar-refractivity contribution in [1.29, 1.82) is 0 Å². The lowest BCUT2D eigenvalue weighted by atomic mass is 10.1. The van der Waals surface area contributed by atoms with Gasteiger partial charge < -0.3 is 4.57 Å². The largest absolute Gasteiger partial charge is 0.339 e. The molecule has 0 radical (unpaired) electrons. The molecular formula is C24H22FN2O+. The van der Waals surface area contributed by atoms with Gasteiger partial charge in [-0.25, -0.2) is 4.39 Å². The van der Waals surface area contributed by atoms with Crippen LogP contribution in [0.5, 0.6) is 0 Å². The molecule has 2 aromatic heterocycles. The van der Waals surface area contributed by atoms with Crippen molar-refractivity contribution >= 4 is 16.7 Å². The third-order valence-electron chi connectivity index (χ3n) is 5.23. The van der Waals surface area contributed by atoms with Gasteiger partial charge in [-0.2, -0.15) is 4.57 Å². The molecule has 4 aromatic rings. The van der Waals surface area contributed by atoms with E-state index in [1.54, 1.807) is 12.1 Å². The Morgan fingerprint density at radius 2 is 1.89 bits per heavy atom. The van der Waals surface area contributed by atoms with Gasteiger partial charge in [-0.1, -0.05) is 42.5 Å². The molecule has 0 amide bonds. The predicted molar refractivity (Wildman–Crippen MR) is 108 cm³/mol. The van der Waals surface area contributed by atoms with Crippen LogP contribution in [-0.4, -0.2) is 10.4 Å². The number of rotatable bonds is 5. The zero-order chi connectivity index (χ0) is 19.7. The Morgan fingerprint density at radius 3 is 2.64 bits per heavy atom. The smallest absolute Gasteiger partial charge is 0.182 e. The van der Waals surface area contributed by atoms with Crippen molar-refractivity contribution in [3.63, 3.8) is 0 Å². The Labute approximate surface area is 163 Å². The van der Waals surface area contributed by atoms with Crippen molar-refractivity contribution in [2.24, 2.45) is 0 Å². The molecule has 0 spiro atoms. The number of nitrogens with zero attached hydrogens (tertiary/aromatic N) is 2. The molecule has 0 aliphatic rings. The normalized spacial score (nSPS) is 12.2. The number of pyridine rings is 1. The summed E-state index contributed by atoms with van der Waals surface area (Å²) in [5, 5.41) is 1.11. The van der Waals surface area contributed by atoms with Crippen LogP contribution in [0.1, 0.15) is 34.5 Å². The summed E-state index contributed by atoms with van der Waals surface area (Å²) in [6.45, 7) is 4.40. The van der Waals surface area contributed by atoms with Crippen LogP contribution >= 0.6 is 0 Å². The minimum absolute atomic E-state index is 0.106. The molecule has 1 unspecified atom stereocenters. The molecule has 4 heteroatoms. The third kappa shape index (κ3) is 3.46. The number of carbonyl (C=O) groups is 1. The first-order valence-corrected chi connectivity index (χ1v) is 9.37. The van der Waals surface area contributed by atoms with Gasteiger partial charge in [0.05, 0.1) is 17.4 Å². The summed E-state index contributed by atoms with van der Waals surface area (Å²) in [4.78, 5) is 12.6. The standard InChI is InChI=1S/C24H22FN2O/c1-17-14-27(16-24(28)20-9-6-10-21(25)13-20)23-11-12-26(15-22(17)23)18(2)19-7-4-3-5-8-19/h3-15,18H,16H2,1-2H3/q+1. The Morgan fingerprint density at radius 1 is 1.11 bits per heavy atom. The molecule has 3 nitrogen and oxygen atoms in total. The lowest BCUT2D eigenvalue weighted by Crippen LogP contribution is -2.37. The number of Topliss-reactive ketones (excluding diaryl/α,β-unsaturated/α-hetero) is 1. The van der Waals surface area contributed by atoms with Crippen LogP contribution in [0.25, 0.3) is 10.9 Å². The SMILES string of the molecule is Cc1cn(CC(=O)c2cccc(F)c2)c2cc[n+](C(C)c3ccccc3)cc12. The summed E-state index contributed by atoms with van der Waals surface area (Å²) in [7, 11) is 0. The van der Waals surface area contributed by atoms with E-state index in [4.69, 9.17) is 0 Å². The van der Waals surface area contributed by atoms with E-state index in [2.05, 4.69) is 29.8 Å². The Hall–Kier alpha value is -3.27. The summed E-state index contributed by atoms with van der Waals surface area (Å²) >= 11 is 0. The number of carbonyl (C=O) groups excluding carboxylic acids is 1. The summed E-state index contributed by atoms with van der Waals surface area (Å²) < 4.78 is 17.5. The molecule has 2 heterocycles. The summed E-state index contributed by atoms with van der Waals surface area (Å²) in [6.07, 6.45) is 6.16. The van der Waals surface area contributed by atoms with Gasteiger partial charge in [0.25, 0.3) is 0 Å². The van der Waals surface area contributed by atoms with Crippen molar-refractivity contribution in [3.8, 4) is 0 Å². The van der Waals surface area contributed by atoms with Gasteiger partial charge in [0, 0.05) is 30.3 Å². The summed E-state index contributed by atoms with van der Waals surface area (Å²) in [6, 6.07) is 18.5. The van der Waals surface area contributed by atoms with Gasteiger partial charge in [-0.3, -0.25) is 4.79 Å². The molecule has 0 aliphatic heterocycles. The van der Waals surface area contributed by atoms with E-state index in [-0.39, 0.29) is 18.4 Å². The van der Waals surface area contributed by atoms with Crippen LogP contribution in [-0.2, 0) is 6.54 Å². The van der Waals surface area contributed by atoms with E-state index in [1.807, 2.05) is 48.1 Å². The Bertz CT molecular complexity index is 1150. The predicted octanol–water partition coefficient (Wildman–Crippen LogP) is 4.87. The van der Waals surface area contributed by atoms with E-state index in [1.165, 1.54) is 17.7 Å². The zero-order valence-corrected chi connectivity index (χ0v) is 16.0. The van der Waals surface area contributed by atoms with Gasteiger partial charge in [0.15, 0.2) is 24.2 Å². The minimum Gasteiger partial charge on any atom is -0.339 e. The number of hydrogen-bond acceptors (Lipinski definition) is 1. The summed E-state index contributed by atoms with van der Waals surface area (Å²) in [5.74, 6) is -0.499. The maximum atomic E-state index is 13.4. The lowest BCUT2D eigenvalue weighted by Gasteiger charge is -2.08. The van der Waals surface area contributed by atoms with Crippen LogP contribution in [0.2, 0.25) is 0 Å². The highest BCUT2D eigenvalue weighted by Crippen LogP contribution is 2.21. The van der Waals surface area contributed by atoms with Crippen LogP contribution < -0.4 is 4.57 Å². The fourth-order valence-electron chi connectivity index (χ4n) is 3.62. The molecule has 0 bridgehead atoms. The van der Waals surface area contributed by atoms with E-state index < -0.39 is 5.82 Å². The van der Waals surface area contributed by atoms with E-state index in [0.29, 0.717) is 5.56 Å². The van der Waals surface area contributed by atoms with Gasteiger partial charge >= 0.3 is 0 Å². The van der Waals surface area contributed by atoms with E-state index in [9.17, 15) is 9.18 Å². The topological polar surface area (TPSA) is 25.9 Å². The van der Waals surface area contributed by atoms with E-state index >= 15 is 0 Å². The molecule has 0 saturated heterocycles. The highest BCUT2D eigenvalue weighted by Gasteiger charge is 2.18. The molecular weight excluding hydrogens is 351 g/mol. The van der Waals surface area contributed by atoms with Crippen LogP contribution in [0, 0.1) is 12.7 Å². The highest BCUT2D eigenvalue weighted by atomic mass is 19.1. The van der Waals surface area contributed by atoms with Crippen molar-refractivity contribution in [3.05, 3.63) is 102 Å². The van der Waals surface area contributed by atoms with E-state index in [0.717, 1.165) is 16.5 Å². The number of ketones is 1. The van der Waals surface area contributed by atoms with Gasteiger partial charge in [0.1, 0.15) is 5.82 Å². The second kappa shape index (κ2) is 7.39. The van der Waals surface area contributed by atoms with Crippen molar-refractivity contribution in [2.45, 2.75) is 26.4 Å². The highest BCUT2D eigenvalue weighted by molar-refractivity contribution is 5.97. The molecule has 0 aliphatic carbocycles. The van der Waals surface area contributed by atoms with Crippen LogP contribution in [0.4, 0.5) is 4.39 Å². The maximum Gasteiger partial charge on any atom is 0.182 e. The number of hydrogen-bond donors (Lipinski definition) is 0. The van der Waals surface area contributed by atoms with Crippen molar-refractivity contribution in [1.82, 2.24) is 4.57 Å². The first kappa shape index (κ1) is 18.1. The van der Waals surface area contributed by atoms with Gasteiger partial charge in [-0.15, -0.1) is 0 Å². The van der Waals surface area contributed by atoms with Gasteiger partial charge in [0.2, 0.25) is 0 Å². The first-order valence-electron chi connectivity index (χ1n) is 9.37. The molecule has 2 aromatic carbocycles. The Balaban J connectivity index is 1.66. The molecule has 0 fully saturated rings. The molecule has 4 rings (SSSR count). The molecule has 0 saturated carbocycles. The Kier molecular flexibility index (Phi) is 4.78. The molecule has 1 atom stereocenters. The van der Waals surface area contributed by atoms with Gasteiger partial charge in [-0.05, 0) is 24.6 Å². The molecule has 28 heavy (non-hydrogen) atoms. The average Bonchev–Trinajstić information content (AvgIpc) is 3.03. The number of aryl methyl sites for hydroxylation is 1. The average molecular weight is 373 g/mol. The quantitative estimate of drug-likeness (QED) is 0.362. The first-order chi connectivity index (χ1) is 13.5. The number of benzene rings is 2. The second-order valence-electron chi connectivity index (χ2n) is 7.15. The summed E-state index contributed by atoms with van der Waals surface area (Å²) in [5.41, 5.74) is 3.74. The van der Waals surface area contributed by atoms with Crippen LogP contribution in [0.3, 0.4) is 0 Å². The second-order valence-corrected chi connectivity index (χ2v) is 7.15. The number of halogens is 1. The van der Waals surface area contributed by atoms with Crippen molar-refractivity contribution in [2.75, 3.05) is 0 Å². The third-order valence-corrected chi connectivity index (χ3v) is 5.23. The monoisotopic (exact) mass is 373 g/mol. The lowest BCUT2D eigenvalue weighted by molar-refractivity contribution is -0.709. The maximum absolute atomic E-state index is 13.4. The van der Waals surface area contributed by atoms with Crippen molar-refractivity contribution < 1.29 is 13.8 Å². The number of fused-ring (bicyclic) bond motifs is 1. The fraction of sp³-hybridized carbons (Fsp3) is 0.167. The molecule has 140 valence electrons.